The average molecular weight is 312 g/mol. The normalized spacial score (nSPS) is 25.7. The van der Waals surface area contributed by atoms with Crippen molar-refractivity contribution in [2.75, 3.05) is 26.2 Å². The zero-order valence-electron chi connectivity index (χ0n) is 12.1. The highest BCUT2D eigenvalue weighted by Crippen LogP contribution is 2.28. The lowest BCUT2D eigenvalue weighted by Crippen LogP contribution is -2.53. The van der Waals surface area contributed by atoms with E-state index in [1.54, 1.807) is 24.3 Å². The number of alkyl halides is 2. The largest absolute Gasteiger partial charge is 0.435 e. The summed E-state index contributed by atoms with van der Waals surface area (Å²) in [5.74, 6) is 0.0914. The number of nitrogens with zero attached hydrogens (tertiary/aromatic N) is 1. The maximum atomic E-state index is 12.1. The van der Waals surface area contributed by atoms with Crippen molar-refractivity contribution >= 4 is 5.91 Å². The van der Waals surface area contributed by atoms with Crippen LogP contribution in [-0.4, -0.2) is 49.3 Å². The Morgan fingerprint density at radius 1 is 1.36 bits per heavy atom. The molecule has 0 bridgehead atoms. The van der Waals surface area contributed by atoms with Crippen molar-refractivity contribution in [2.45, 2.75) is 25.2 Å². The van der Waals surface area contributed by atoms with Crippen LogP contribution < -0.4 is 10.1 Å². The molecule has 22 heavy (non-hydrogen) atoms. The molecule has 0 aliphatic carbocycles. The Bertz CT molecular complexity index is 526. The second-order valence-corrected chi connectivity index (χ2v) is 5.73. The molecule has 120 valence electrons. The van der Waals surface area contributed by atoms with Gasteiger partial charge in [0, 0.05) is 26.2 Å². The molecular weight excluding hydrogens is 294 g/mol. The highest BCUT2D eigenvalue weighted by molar-refractivity contribution is 5.78. The van der Waals surface area contributed by atoms with E-state index in [2.05, 4.69) is 15.0 Å². The quantitative estimate of drug-likeness (QED) is 0.912. The van der Waals surface area contributed by atoms with Crippen LogP contribution in [0.3, 0.4) is 0 Å². The lowest BCUT2D eigenvalue weighted by molar-refractivity contribution is -0.142. The summed E-state index contributed by atoms with van der Waals surface area (Å²) in [5.41, 5.74) is 0.741. The third kappa shape index (κ3) is 3.53. The molecule has 1 unspecified atom stereocenters. The van der Waals surface area contributed by atoms with E-state index in [1.807, 2.05) is 0 Å². The van der Waals surface area contributed by atoms with Crippen LogP contribution in [0.2, 0.25) is 0 Å². The minimum absolute atomic E-state index is 0.0707. The molecule has 2 saturated heterocycles. The molecule has 5 nitrogen and oxygen atoms in total. The standard InChI is InChI=1S/C15H18F2N2O3/c16-14(17)22-12-3-1-11(2-4-12)7-19-6-5-15(10-19)9-18-13(20)8-21-15/h1-4,14H,5-10H2,(H,18,20). The van der Waals surface area contributed by atoms with Gasteiger partial charge in [0.1, 0.15) is 12.4 Å². The monoisotopic (exact) mass is 312 g/mol. The fourth-order valence-corrected chi connectivity index (χ4v) is 2.94. The fourth-order valence-electron chi connectivity index (χ4n) is 2.94. The molecule has 0 saturated carbocycles. The van der Waals surface area contributed by atoms with Crippen molar-refractivity contribution in [1.82, 2.24) is 10.2 Å². The van der Waals surface area contributed by atoms with E-state index in [0.717, 1.165) is 25.1 Å². The first kappa shape index (κ1) is 15.2. The van der Waals surface area contributed by atoms with Crippen molar-refractivity contribution in [3.05, 3.63) is 29.8 Å². The van der Waals surface area contributed by atoms with E-state index in [4.69, 9.17) is 4.74 Å². The summed E-state index contributed by atoms with van der Waals surface area (Å²) in [6.07, 6.45) is 0.875. The summed E-state index contributed by atoms with van der Waals surface area (Å²) in [6, 6.07) is 6.66. The van der Waals surface area contributed by atoms with Gasteiger partial charge in [0.25, 0.3) is 0 Å². The van der Waals surface area contributed by atoms with Gasteiger partial charge in [-0.1, -0.05) is 12.1 Å². The number of hydrogen-bond acceptors (Lipinski definition) is 4. The molecule has 1 aromatic rings. The van der Waals surface area contributed by atoms with Crippen LogP contribution in [-0.2, 0) is 16.1 Å². The first-order valence-corrected chi connectivity index (χ1v) is 7.21. The van der Waals surface area contributed by atoms with E-state index >= 15 is 0 Å². The van der Waals surface area contributed by atoms with Crippen molar-refractivity contribution in [3.63, 3.8) is 0 Å². The zero-order chi connectivity index (χ0) is 15.6. The van der Waals surface area contributed by atoms with E-state index in [9.17, 15) is 13.6 Å². The Morgan fingerprint density at radius 2 is 2.14 bits per heavy atom. The molecule has 1 atom stereocenters. The average Bonchev–Trinajstić information content (AvgIpc) is 2.87. The molecule has 2 fully saturated rings. The summed E-state index contributed by atoms with van der Waals surface area (Å²) in [7, 11) is 0. The maximum Gasteiger partial charge on any atom is 0.387 e. The molecule has 0 radical (unpaired) electrons. The molecule has 2 aliphatic heterocycles. The van der Waals surface area contributed by atoms with Crippen molar-refractivity contribution in [3.8, 4) is 5.75 Å². The Balaban J connectivity index is 1.55. The van der Waals surface area contributed by atoms with Crippen LogP contribution in [0.15, 0.2) is 24.3 Å². The first-order valence-electron chi connectivity index (χ1n) is 7.21. The van der Waals surface area contributed by atoms with E-state index in [0.29, 0.717) is 13.1 Å². The zero-order valence-corrected chi connectivity index (χ0v) is 12.1. The Labute approximate surface area is 127 Å². The molecule has 0 aromatic heterocycles. The summed E-state index contributed by atoms with van der Waals surface area (Å²) in [4.78, 5) is 13.4. The number of benzene rings is 1. The summed E-state index contributed by atoms with van der Waals surface area (Å²) in [6.45, 7) is 0.210. The summed E-state index contributed by atoms with van der Waals surface area (Å²) in [5, 5.41) is 2.85. The Morgan fingerprint density at radius 3 is 2.77 bits per heavy atom. The molecule has 7 heteroatoms. The van der Waals surface area contributed by atoms with Crippen molar-refractivity contribution < 1.29 is 23.0 Å². The number of ether oxygens (including phenoxy) is 2. The molecule has 1 spiro atoms. The molecule has 2 heterocycles. The number of carbonyl (C=O) groups excluding carboxylic acids is 1. The fraction of sp³-hybridized carbons (Fsp3) is 0.533. The number of likely N-dealkylation sites (tertiary alicyclic amines) is 1. The Hall–Kier alpha value is -1.73. The third-order valence-corrected chi connectivity index (χ3v) is 4.07. The highest BCUT2D eigenvalue weighted by Gasteiger charge is 2.41. The summed E-state index contributed by atoms with van der Waals surface area (Å²) >= 11 is 0. The van der Waals surface area contributed by atoms with Crippen LogP contribution in [0.4, 0.5) is 8.78 Å². The van der Waals surface area contributed by atoms with Gasteiger partial charge in [-0.25, -0.2) is 0 Å². The maximum absolute atomic E-state index is 12.1. The van der Waals surface area contributed by atoms with Gasteiger partial charge in [-0.15, -0.1) is 0 Å². The van der Waals surface area contributed by atoms with Crippen LogP contribution in [0.5, 0.6) is 5.75 Å². The van der Waals surface area contributed by atoms with E-state index in [1.165, 1.54) is 0 Å². The van der Waals surface area contributed by atoms with Gasteiger partial charge in [0.2, 0.25) is 5.91 Å². The first-order chi connectivity index (χ1) is 10.5. The summed E-state index contributed by atoms with van der Waals surface area (Å²) < 4.78 is 34.3. The van der Waals surface area contributed by atoms with Crippen LogP contribution in [0.1, 0.15) is 12.0 Å². The van der Waals surface area contributed by atoms with Gasteiger partial charge in [0.15, 0.2) is 0 Å². The van der Waals surface area contributed by atoms with Crippen LogP contribution in [0, 0.1) is 0 Å². The SMILES string of the molecule is O=C1COC2(CCN(Cc3ccc(OC(F)F)cc3)C2)CN1. The van der Waals surface area contributed by atoms with Crippen LogP contribution in [0.25, 0.3) is 0 Å². The third-order valence-electron chi connectivity index (χ3n) is 4.07. The molecule has 1 amide bonds. The van der Waals surface area contributed by atoms with Gasteiger partial charge in [-0.3, -0.25) is 9.69 Å². The predicted octanol–water partition coefficient (Wildman–Crippen LogP) is 1.38. The lowest BCUT2D eigenvalue weighted by atomic mass is 10.0. The molecule has 1 N–H and O–H groups in total. The number of morpholine rings is 1. The van der Waals surface area contributed by atoms with Crippen LogP contribution >= 0.6 is 0 Å². The minimum Gasteiger partial charge on any atom is -0.435 e. The smallest absolute Gasteiger partial charge is 0.387 e. The van der Waals surface area contributed by atoms with Crippen molar-refractivity contribution in [1.29, 1.82) is 0 Å². The molecular formula is C15H18F2N2O3. The van der Waals surface area contributed by atoms with E-state index < -0.39 is 6.61 Å². The number of rotatable bonds is 4. The number of carbonyl (C=O) groups is 1. The number of hydrogen-bond donors (Lipinski definition) is 1. The van der Waals surface area contributed by atoms with Gasteiger partial charge in [0.05, 0.1) is 5.60 Å². The number of halogens is 2. The molecule has 1 aromatic carbocycles. The van der Waals surface area contributed by atoms with Gasteiger partial charge in [-0.2, -0.15) is 8.78 Å². The predicted molar refractivity (Wildman–Crippen MR) is 74.7 cm³/mol. The molecule has 2 aliphatic rings. The second-order valence-electron chi connectivity index (χ2n) is 5.73. The Kier molecular flexibility index (Phi) is 4.26. The van der Waals surface area contributed by atoms with Gasteiger partial charge < -0.3 is 14.8 Å². The molecule has 3 rings (SSSR count). The second kappa shape index (κ2) is 6.18. The van der Waals surface area contributed by atoms with Gasteiger partial charge in [-0.05, 0) is 24.1 Å². The highest BCUT2D eigenvalue weighted by atomic mass is 19.3. The number of nitrogens with one attached hydrogen (secondary N) is 1. The van der Waals surface area contributed by atoms with Gasteiger partial charge >= 0.3 is 6.61 Å². The van der Waals surface area contributed by atoms with Crippen molar-refractivity contribution in [2.24, 2.45) is 0 Å². The topological polar surface area (TPSA) is 50.8 Å². The lowest BCUT2D eigenvalue weighted by Gasteiger charge is -2.33. The van der Waals surface area contributed by atoms with E-state index in [-0.39, 0.29) is 23.9 Å². The number of amides is 1. The minimum atomic E-state index is -2.80.